The molecule has 1 amide bonds. The number of H-pyrrole nitrogens is 1. The van der Waals surface area contributed by atoms with Crippen LogP contribution in [0.5, 0.6) is 5.75 Å². The van der Waals surface area contributed by atoms with Gasteiger partial charge in [0.1, 0.15) is 11.8 Å². The van der Waals surface area contributed by atoms with E-state index in [0.29, 0.717) is 17.7 Å². The number of fused-ring (bicyclic) bond motifs is 1. The van der Waals surface area contributed by atoms with Crippen molar-refractivity contribution in [2.75, 3.05) is 7.11 Å². The highest BCUT2D eigenvalue weighted by Gasteiger charge is 2.24. The van der Waals surface area contributed by atoms with Gasteiger partial charge in [-0.25, -0.2) is 4.79 Å². The summed E-state index contributed by atoms with van der Waals surface area (Å²) in [5, 5.41) is 3.79. The first kappa shape index (κ1) is 19.5. The number of aromatic amines is 1. The number of ether oxygens (including phenoxy) is 2. The molecule has 0 saturated heterocycles. The lowest BCUT2D eigenvalue weighted by Gasteiger charge is -2.17. The Morgan fingerprint density at radius 2 is 1.79 bits per heavy atom. The lowest BCUT2D eigenvalue weighted by molar-refractivity contribution is -0.142. The van der Waals surface area contributed by atoms with Crippen LogP contribution >= 0.6 is 0 Å². The Kier molecular flexibility index (Phi) is 5.99. The van der Waals surface area contributed by atoms with Gasteiger partial charge in [0, 0.05) is 29.1 Å². The molecule has 1 atom stereocenters. The van der Waals surface area contributed by atoms with Crippen LogP contribution in [0.4, 0.5) is 0 Å². The van der Waals surface area contributed by atoms with E-state index in [4.69, 9.17) is 9.47 Å². The molecule has 28 heavy (non-hydrogen) atoms. The van der Waals surface area contributed by atoms with E-state index in [1.54, 1.807) is 24.3 Å². The second-order valence-corrected chi connectivity index (χ2v) is 6.80. The third-order valence-corrected chi connectivity index (χ3v) is 4.38. The number of benzene rings is 2. The minimum Gasteiger partial charge on any atom is -0.491 e. The molecule has 3 rings (SSSR count). The van der Waals surface area contributed by atoms with Crippen molar-refractivity contribution in [3.8, 4) is 5.75 Å². The van der Waals surface area contributed by atoms with Gasteiger partial charge in [-0.3, -0.25) is 4.79 Å². The Labute approximate surface area is 163 Å². The van der Waals surface area contributed by atoms with Crippen molar-refractivity contribution >= 4 is 22.8 Å². The van der Waals surface area contributed by atoms with Crippen molar-refractivity contribution in [1.29, 1.82) is 0 Å². The standard InChI is InChI=1S/C22H24N2O4/c1-14(2)28-17-10-8-15(9-11-17)21(25)24-20(22(26)27-3)12-16-13-23-19-7-5-4-6-18(16)19/h4-11,13-14,20,23H,12H2,1-3H3,(H,24,25)/t20-/m0/s1. The van der Waals surface area contributed by atoms with E-state index in [1.165, 1.54) is 7.11 Å². The van der Waals surface area contributed by atoms with E-state index in [1.807, 2.05) is 44.3 Å². The van der Waals surface area contributed by atoms with Gasteiger partial charge in [0.25, 0.3) is 5.91 Å². The number of hydrogen-bond donors (Lipinski definition) is 2. The van der Waals surface area contributed by atoms with E-state index >= 15 is 0 Å². The minimum atomic E-state index is -0.789. The van der Waals surface area contributed by atoms with E-state index in [0.717, 1.165) is 16.5 Å². The second kappa shape index (κ2) is 8.61. The number of carbonyl (C=O) groups is 2. The van der Waals surface area contributed by atoms with Crippen molar-refractivity contribution in [2.24, 2.45) is 0 Å². The zero-order valence-electron chi connectivity index (χ0n) is 16.2. The molecule has 0 fully saturated rings. The summed E-state index contributed by atoms with van der Waals surface area (Å²) in [4.78, 5) is 28.1. The smallest absolute Gasteiger partial charge is 0.328 e. The second-order valence-electron chi connectivity index (χ2n) is 6.80. The molecule has 3 aromatic rings. The van der Waals surface area contributed by atoms with Crippen molar-refractivity contribution in [3.05, 3.63) is 65.9 Å². The largest absolute Gasteiger partial charge is 0.491 e. The van der Waals surface area contributed by atoms with Crippen LogP contribution in [0.1, 0.15) is 29.8 Å². The highest BCUT2D eigenvalue weighted by atomic mass is 16.5. The molecule has 0 bridgehead atoms. The van der Waals surface area contributed by atoms with Crippen molar-refractivity contribution in [1.82, 2.24) is 10.3 Å². The number of nitrogens with one attached hydrogen (secondary N) is 2. The van der Waals surface area contributed by atoms with Crippen LogP contribution in [-0.2, 0) is 16.0 Å². The van der Waals surface area contributed by atoms with Gasteiger partial charge in [-0.15, -0.1) is 0 Å². The first-order chi connectivity index (χ1) is 13.5. The molecule has 0 saturated carbocycles. The molecular weight excluding hydrogens is 356 g/mol. The first-order valence-electron chi connectivity index (χ1n) is 9.18. The van der Waals surface area contributed by atoms with Gasteiger partial charge < -0.3 is 19.8 Å². The maximum absolute atomic E-state index is 12.6. The molecule has 0 unspecified atom stereocenters. The molecule has 2 N–H and O–H groups in total. The Morgan fingerprint density at radius 1 is 1.07 bits per heavy atom. The van der Waals surface area contributed by atoms with E-state index in [2.05, 4.69) is 10.3 Å². The van der Waals surface area contributed by atoms with Crippen LogP contribution in [0.3, 0.4) is 0 Å². The molecule has 6 nitrogen and oxygen atoms in total. The van der Waals surface area contributed by atoms with Crippen LogP contribution in [-0.4, -0.2) is 36.1 Å². The maximum atomic E-state index is 12.6. The molecule has 1 aromatic heterocycles. The van der Waals surface area contributed by atoms with Crippen LogP contribution in [0, 0.1) is 0 Å². The number of esters is 1. The van der Waals surface area contributed by atoms with Gasteiger partial charge in [-0.2, -0.15) is 0 Å². The lowest BCUT2D eigenvalue weighted by Crippen LogP contribution is -2.43. The van der Waals surface area contributed by atoms with Crippen LogP contribution in [0.25, 0.3) is 10.9 Å². The molecule has 0 aliphatic heterocycles. The summed E-state index contributed by atoms with van der Waals surface area (Å²) >= 11 is 0. The quantitative estimate of drug-likeness (QED) is 0.615. The zero-order valence-corrected chi connectivity index (χ0v) is 16.2. The fraction of sp³-hybridized carbons (Fsp3) is 0.273. The van der Waals surface area contributed by atoms with E-state index in [9.17, 15) is 9.59 Å². The third kappa shape index (κ3) is 4.52. The predicted molar refractivity (Wildman–Crippen MR) is 107 cm³/mol. The monoisotopic (exact) mass is 380 g/mol. The number of rotatable bonds is 7. The van der Waals surface area contributed by atoms with Gasteiger partial charge in [-0.05, 0) is 49.7 Å². The topological polar surface area (TPSA) is 80.4 Å². The number of hydrogen-bond acceptors (Lipinski definition) is 4. The highest BCUT2D eigenvalue weighted by Crippen LogP contribution is 2.20. The molecule has 0 radical (unpaired) electrons. The Balaban J connectivity index is 1.75. The molecule has 6 heteroatoms. The summed E-state index contributed by atoms with van der Waals surface area (Å²) in [6.07, 6.45) is 2.24. The fourth-order valence-corrected chi connectivity index (χ4v) is 3.05. The van der Waals surface area contributed by atoms with Gasteiger partial charge in [0.15, 0.2) is 0 Å². The SMILES string of the molecule is COC(=O)[C@H](Cc1c[nH]c2ccccc12)NC(=O)c1ccc(OC(C)C)cc1. The molecule has 146 valence electrons. The van der Waals surface area contributed by atoms with Crippen molar-refractivity contribution < 1.29 is 19.1 Å². The van der Waals surface area contributed by atoms with Crippen LogP contribution in [0.15, 0.2) is 54.7 Å². The van der Waals surface area contributed by atoms with Crippen LogP contribution in [0.2, 0.25) is 0 Å². The van der Waals surface area contributed by atoms with Crippen molar-refractivity contribution in [2.45, 2.75) is 32.4 Å². The Bertz CT molecular complexity index is 960. The maximum Gasteiger partial charge on any atom is 0.328 e. The molecule has 0 spiro atoms. The summed E-state index contributed by atoms with van der Waals surface area (Å²) < 4.78 is 10.5. The number of amides is 1. The zero-order chi connectivity index (χ0) is 20.1. The number of methoxy groups -OCH3 is 1. The highest BCUT2D eigenvalue weighted by molar-refractivity contribution is 5.97. The Hall–Kier alpha value is -3.28. The molecule has 2 aromatic carbocycles. The summed E-state index contributed by atoms with van der Waals surface area (Å²) in [7, 11) is 1.31. The lowest BCUT2D eigenvalue weighted by atomic mass is 10.0. The predicted octanol–water partition coefficient (Wildman–Crippen LogP) is 3.47. The number of aromatic nitrogens is 1. The first-order valence-corrected chi connectivity index (χ1v) is 9.18. The average molecular weight is 380 g/mol. The summed E-state index contributed by atoms with van der Waals surface area (Å²) in [5.74, 6) is -0.139. The minimum absolute atomic E-state index is 0.0551. The number of carbonyl (C=O) groups excluding carboxylic acids is 2. The van der Waals surface area contributed by atoms with Gasteiger partial charge in [-0.1, -0.05) is 18.2 Å². The molecule has 0 aliphatic carbocycles. The van der Waals surface area contributed by atoms with E-state index in [-0.39, 0.29) is 12.0 Å². The molecule has 0 aliphatic rings. The third-order valence-electron chi connectivity index (χ3n) is 4.38. The normalized spacial score (nSPS) is 12.0. The number of para-hydroxylation sites is 1. The van der Waals surface area contributed by atoms with Crippen LogP contribution < -0.4 is 10.1 Å². The fourth-order valence-electron chi connectivity index (χ4n) is 3.05. The summed E-state index contributed by atoms with van der Waals surface area (Å²) in [6, 6.07) is 13.9. The summed E-state index contributed by atoms with van der Waals surface area (Å²) in [5.41, 5.74) is 2.36. The molecular formula is C22H24N2O4. The van der Waals surface area contributed by atoms with Crippen molar-refractivity contribution in [3.63, 3.8) is 0 Å². The molecule has 1 heterocycles. The van der Waals surface area contributed by atoms with Gasteiger partial charge >= 0.3 is 5.97 Å². The summed E-state index contributed by atoms with van der Waals surface area (Å²) in [6.45, 7) is 3.87. The average Bonchev–Trinajstić information content (AvgIpc) is 3.10. The van der Waals surface area contributed by atoms with E-state index < -0.39 is 12.0 Å². The Morgan fingerprint density at radius 3 is 2.46 bits per heavy atom. The van der Waals surface area contributed by atoms with Gasteiger partial charge in [0.05, 0.1) is 13.2 Å². The van der Waals surface area contributed by atoms with Gasteiger partial charge in [0.2, 0.25) is 0 Å².